The molecule has 1 N–H and O–H groups in total. The number of nitrogens with one attached hydrogen (secondary N) is 1. The molecule has 0 saturated carbocycles. The van der Waals surface area contributed by atoms with Crippen LogP contribution in [-0.2, 0) is 25.0 Å². The van der Waals surface area contributed by atoms with Gasteiger partial charge in [-0.15, -0.1) is 0 Å². The lowest BCUT2D eigenvalue weighted by Crippen LogP contribution is -2.36. The molecule has 4 aromatic carbocycles. The minimum absolute atomic E-state index is 0.0920. The molecule has 1 aliphatic heterocycles. The van der Waals surface area contributed by atoms with Crippen LogP contribution >= 0.6 is 7.60 Å². The van der Waals surface area contributed by atoms with Crippen LogP contribution in [0.1, 0.15) is 30.8 Å². The van der Waals surface area contributed by atoms with Crippen molar-refractivity contribution in [3.63, 3.8) is 0 Å². The lowest BCUT2D eigenvalue weighted by atomic mass is 9.96. The minimum atomic E-state index is -3.80. The zero-order chi connectivity index (χ0) is 24.5. The Labute approximate surface area is 204 Å². The Morgan fingerprint density at radius 2 is 1.46 bits per heavy atom. The summed E-state index contributed by atoms with van der Waals surface area (Å²) >= 11 is 0. The van der Waals surface area contributed by atoms with Crippen LogP contribution in [0.15, 0.2) is 84.9 Å². The Morgan fingerprint density at radius 3 is 2.06 bits per heavy atom. The highest BCUT2D eigenvalue weighted by Gasteiger charge is 2.46. The summed E-state index contributed by atoms with van der Waals surface area (Å²) in [5.74, 6) is -1.04. The van der Waals surface area contributed by atoms with E-state index in [-0.39, 0.29) is 25.2 Å². The summed E-state index contributed by atoms with van der Waals surface area (Å²) in [5, 5.41) is 6.52. The zero-order valence-electron chi connectivity index (χ0n) is 19.8. The molecule has 0 aromatic heterocycles. The molecule has 1 unspecified atom stereocenters. The third-order valence-electron chi connectivity index (χ3n) is 6.14. The third kappa shape index (κ3) is 4.96. The molecule has 0 aliphatic carbocycles. The van der Waals surface area contributed by atoms with Gasteiger partial charge >= 0.3 is 13.7 Å². The second kappa shape index (κ2) is 9.46. The Kier molecular flexibility index (Phi) is 6.37. The van der Waals surface area contributed by atoms with Crippen LogP contribution in [0.5, 0.6) is 0 Å². The van der Waals surface area contributed by atoms with Gasteiger partial charge in [0.2, 0.25) is 0 Å². The maximum Gasteiger partial charge on any atom is 0.408 e. The molecule has 1 aliphatic rings. The molecular formula is C28H28NO5P. The number of alkyl carbamates (subject to hydrolysis) is 1. The quantitative estimate of drug-likeness (QED) is 0.237. The molecule has 4 aromatic rings. The van der Waals surface area contributed by atoms with Gasteiger partial charge in [-0.1, -0.05) is 92.7 Å². The number of benzene rings is 4. The summed E-state index contributed by atoms with van der Waals surface area (Å²) in [6, 6.07) is 27.2. The number of ether oxygens (including phenoxy) is 1. The summed E-state index contributed by atoms with van der Waals surface area (Å²) in [7, 11) is -3.80. The van der Waals surface area contributed by atoms with E-state index in [1.54, 1.807) is 0 Å². The summed E-state index contributed by atoms with van der Waals surface area (Å²) in [6.07, 6.45) is -0.692. The molecule has 1 atom stereocenters. The van der Waals surface area contributed by atoms with Crippen molar-refractivity contribution in [3.05, 3.63) is 96.1 Å². The fourth-order valence-corrected chi connectivity index (χ4v) is 6.58. The van der Waals surface area contributed by atoms with Crippen LogP contribution in [0, 0.1) is 5.41 Å². The van der Waals surface area contributed by atoms with Gasteiger partial charge in [-0.2, -0.15) is 0 Å². The molecule has 5 rings (SSSR count). The Bertz CT molecular complexity index is 1350. The number of hydrogen-bond acceptors (Lipinski definition) is 5. The van der Waals surface area contributed by atoms with Crippen molar-refractivity contribution in [2.24, 2.45) is 5.41 Å². The molecule has 1 heterocycles. The number of carbonyl (C=O) groups excluding carboxylic acids is 1. The second-order valence-corrected chi connectivity index (χ2v) is 11.7. The van der Waals surface area contributed by atoms with Crippen LogP contribution < -0.4 is 5.32 Å². The van der Waals surface area contributed by atoms with Gasteiger partial charge in [0.05, 0.1) is 13.2 Å². The van der Waals surface area contributed by atoms with Crippen molar-refractivity contribution in [2.45, 2.75) is 26.2 Å². The third-order valence-corrected chi connectivity index (χ3v) is 8.14. The first kappa shape index (κ1) is 23.6. The van der Waals surface area contributed by atoms with E-state index in [9.17, 15) is 9.36 Å². The molecule has 1 saturated heterocycles. The summed E-state index contributed by atoms with van der Waals surface area (Å²) in [6.45, 7) is 4.57. The van der Waals surface area contributed by atoms with Gasteiger partial charge in [-0.25, -0.2) is 4.79 Å². The van der Waals surface area contributed by atoms with Gasteiger partial charge in [-0.3, -0.25) is 4.57 Å². The molecule has 7 heteroatoms. The van der Waals surface area contributed by atoms with E-state index in [0.717, 1.165) is 27.1 Å². The average Bonchev–Trinajstić information content (AvgIpc) is 2.87. The molecule has 180 valence electrons. The van der Waals surface area contributed by atoms with Crippen molar-refractivity contribution in [2.75, 3.05) is 13.2 Å². The molecule has 35 heavy (non-hydrogen) atoms. The van der Waals surface area contributed by atoms with Crippen molar-refractivity contribution in [3.8, 4) is 0 Å². The van der Waals surface area contributed by atoms with Crippen LogP contribution in [0.4, 0.5) is 4.79 Å². The van der Waals surface area contributed by atoms with Crippen molar-refractivity contribution >= 4 is 35.2 Å². The number of hydrogen-bond donors (Lipinski definition) is 1. The first-order chi connectivity index (χ1) is 16.8. The van der Waals surface area contributed by atoms with Gasteiger partial charge < -0.3 is 19.1 Å². The summed E-state index contributed by atoms with van der Waals surface area (Å²) < 4.78 is 31.5. The maximum atomic E-state index is 14.2. The fourth-order valence-electron chi connectivity index (χ4n) is 4.29. The fraction of sp³-hybridized carbons (Fsp3) is 0.250. The zero-order valence-corrected chi connectivity index (χ0v) is 20.7. The number of amides is 1. The van der Waals surface area contributed by atoms with E-state index in [1.807, 2.05) is 92.7 Å². The molecule has 1 fully saturated rings. The van der Waals surface area contributed by atoms with Crippen molar-refractivity contribution in [1.82, 2.24) is 5.32 Å². The number of fused-ring (bicyclic) bond motifs is 2. The lowest BCUT2D eigenvalue weighted by molar-refractivity contribution is 0.0361. The predicted octanol–water partition coefficient (Wildman–Crippen LogP) is 7.18. The Hall–Kier alpha value is -3.18. The van der Waals surface area contributed by atoms with Gasteiger partial charge in [0.15, 0.2) is 5.78 Å². The predicted molar refractivity (Wildman–Crippen MR) is 137 cm³/mol. The van der Waals surface area contributed by atoms with Gasteiger partial charge in [-0.05, 0) is 33.2 Å². The van der Waals surface area contributed by atoms with Crippen molar-refractivity contribution in [1.29, 1.82) is 0 Å². The largest absolute Gasteiger partial charge is 0.445 e. The van der Waals surface area contributed by atoms with E-state index in [2.05, 4.69) is 11.4 Å². The topological polar surface area (TPSA) is 73.9 Å². The summed E-state index contributed by atoms with van der Waals surface area (Å²) in [5.41, 5.74) is 1.26. The van der Waals surface area contributed by atoms with E-state index in [4.69, 9.17) is 13.8 Å². The SMILES string of the molecule is CC1(C)COP(=O)(C(NC(=O)OCc2ccccc2)c2c3ccccc3cc3ccccc23)OC1. The number of carbonyl (C=O) groups is 1. The lowest BCUT2D eigenvalue weighted by Gasteiger charge is -2.38. The van der Waals surface area contributed by atoms with Crippen LogP contribution in [-0.4, -0.2) is 19.3 Å². The van der Waals surface area contributed by atoms with Gasteiger partial charge in [0, 0.05) is 11.0 Å². The molecule has 0 radical (unpaired) electrons. The monoisotopic (exact) mass is 489 g/mol. The van der Waals surface area contributed by atoms with Crippen LogP contribution in [0.25, 0.3) is 21.5 Å². The summed E-state index contributed by atoms with van der Waals surface area (Å²) in [4.78, 5) is 13.0. The molecule has 0 bridgehead atoms. The minimum Gasteiger partial charge on any atom is -0.445 e. The second-order valence-electron chi connectivity index (χ2n) is 9.59. The Morgan fingerprint density at radius 1 is 0.914 bits per heavy atom. The van der Waals surface area contributed by atoms with Crippen LogP contribution in [0.2, 0.25) is 0 Å². The number of rotatable bonds is 5. The Balaban J connectivity index is 1.58. The molecule has 1 amide bonds. The highest BCUT2D eigenvalue weighted by Crippen LogP contribution is 2.64. The van der Waals surface area contributed by atoms with E-state index in [1.165, 1.54) is 0 Å². The molecule has 0 spiro atoms. The maximum absolute atomic E-state index is 14.2. The first-order valence-electron chi connectivity index (χ1n) is 11.6. The highest BCUT2D eigenvalue weighted by atomic mass is 31.2. The molecule has 6 nitrogen and oxygen atoms in total. The van der Waals surface area contributed by atoms with Gasteiger partial charge in [0.25, 0.3) is 0 Å². The smallest absolute Gasteiger partial charge is 0.408 e. The van der Waals surface area contributed by atoms with Crippen molar-refractivity contribution < 1.29 is 23.1 Å². The average molecular weight is 490 g/mol. The van der Waals surface area contributed by atoms with Crippen LogP contribution in [0.3, 0.4) is 0 Å². The normalized spacial score (nSPS) is 17.7. The first-order valence-corrected chi connectivity index (χ1v) is 13.2. The van der Waals surface area contributed by atoms with Gasteiger partial charge in [0.1, 0.15) is 6.61 Å². The van der Waals surface area contributed by atoms with E-state index >= 15 is 0 Å². The highest BCUT2D eigenvalue weighted by molar-refractivity contribution is 7.54. The molecular weight excluding hydrogens is 461 g/mol. The van der Waals surface area contributed by atoms with E-state index in [0.29, 0.717) is 5.56 Å². The standard InChI is InChI=1S/C28H28NO5P/c1-28(2)18-33-35(31,34-19-28)26(29-27(30)32-17-20-10-4-3-5-11-20)25-23-14-8-6-12-21(23)16-22-13-7-9-15-24(22)25/h3-16,26H,17-19H2,1-2H3,(H,29,30). The van der Waals surface area contributed by atoms with E-state index < -0.39 is 19.5 Å².